The number of H-pyrrole nitrogens is 1. The number of fused-ring (bicyclic) bond motifs is 4. The highest BCUT2D eigenvalue weighted by atomic mass is 16.5. The van der Waals surface area contributed by atoms with Gasteiger partial charge in [-0.2, -0.15) is 0 Å². The molecular formula is C35H34N4O. The molecule has 3 aliphatic rings. The van der Waals surface area contributed by atoms with E-state index in [-0.39, 0.29) is 0 Å². The zero-order valence-corrected chi connectivity index (χ0v) is 22.9. The summed E-state index contributed by atoms with van der Waals surface area (Å²) in [5, 5.41) is 1.15. The van der Waals surface area contributed by atoms with Gasteiger partial charge in [0.05, 0.1) is 18.9 Å². The van der Waals surface area contributed by atoms with Crippen molar-refractivity contribution in [3.05, 3.63) is 95.9 Å². The fourth-order valence-electron chi connectivity index (χ4n) is 7.33. The van der Waals surface area contributed by atoms with Gasteiger partial charge in [0.25, 0.3) is 0 Å². The van der Waals surface area contributed by atoms with Crippen molar-refractivity contribution in [3.63, 3.8) is 0 Å². The van der Waals surface area contributed by atoms with E-state index in [1.807, 2.05) is 18.5 Å². The van der Waals surface area contributed by atoms with Crippen LogP contribution in [0.2, 0.25) is 0 Å². The number of rotatable bonds is 4. The lowest BCUT2D eigenvalue weighted by atomic mass is 9.87. The molecule has 5 heteroatoms. The number of pyridine rings is 2. The normalized spacial score (nSPS) is 22.5. The van der Waals surface area contributed by atoms with Crippen LogP contribution < -0.4 is 0 Å². The van der Waals surface area contributed by atoms with Crippen molar-refractivity contribution in [1.82, 2.24) is 19.9 Å². The van der Waals surface area contributed by atoms with E-state index < -0.39 is 0 Å². The molecule has 2 bridgehead atoms. The molecule has 2 aliphatic heterocycles. The second-order valence-corrected chi connectivity index (χ2v) is 11.8. The van der Waals surface area contributed by atoms with E-state index in [0.29, 0.717) is 18.1 Å². The Kier molecular flexibility index (Phi) is 5.82. The topological polar surface area (TPSA) is 54.0 Å². The molecule has 0 radical (unpaired) electrons. The van der Waals surface area contributed by atoms with Crippen LogP contribution in [0.15, 0.2) is 79.3 Å². The van der Waals surface area contributed by atoms with Crippen molar-refractivity contribution < 1.29 is 4.74 Å². The number of hydrogen-bond acceptors (Lipinski definition) is 4. The van der Waals surface area contributed by atoms with Gasteiger partial charge >= 0.3 is 0 Å². The largest absolute Gasteiger partial charge is 0.378 e. The number of nitrogens with zero attached hydrogens (tertiary/aromatic N) is 3. The summed E-state index contributed by atoms with van der Waals surface area (Å²) in [7, 11) is 0. The summed E-state index contributed by atoms with van der Waals surface area (Å²) in [4.78, 5) is 15.6. The van der Waals surface area contributed by atoms with Gasteiger partial charge in [-0.3, -0.25) is 9.88 Å². The van der Waals surface area contributed by atoms with E-state index in [0.717, 1.165) is 41.9 Å². The van der Waals surface area contributed by atoms with Gasteiger partial charge in [-0.05, 0) is 79.0 Å². The standard InChI is InChI=1S/C35H34N4O/c1-22-3-2-14-36-34(22)25-7-5-24(6-8-25)33-19-38-35-32(33)16-28(18-37-35)27-9-4-23-10-12-29(13-11-26(23)15-27)39-30-17-31(39)21-40-20-30/h2-9,14-16,18-19,29-31H,10-13,17,20-21H2,1H3,(H,37,38)/t29-,30?,31?/m0/s1. The lowest BCUT2D eigenvalue weighted by Crippen LogP contribution is -2.66. The molecule has 3 aromatic heterocycles. The number of hydrogen-bond donors (Lipinski definition) is 1. The zero-order chi connectivity index (χ0) is 26.6. The molecule has 2 saturated heterocycles. The van der Waals surface area contributed by atoms with Gasteiger partial charge in [0.1, 0.15) is 5.65 Å². The molecule has 5 aromatic rings. The molecule has 1 aliphatic carbocycles. The molecule has 0 amide bonds. The van der Waals surface area contributed by atoms with Gasteiger partial charge in [0.2, 0.25) is 0 Å². The minimum atomic E-state index is 0.657. The number of aryl methyl sites for hydroxylation is 3. The lowest BCUT2D eigenvalue weighted by molar-refractivity contribution is -0.148. The number of ether oxygens (including phenoxy) is 1. The van der Waals surface area contributed by atoms with Gasteiger partial charge in [0, 0.05) is 58.8 Å². The predicted molar refractivity (Wildman–Crippen MR) is 160 cm³/mol. The van der Waals surface area contributed by atoms with Crippen molar-refractivity contribution in [3.8, 4) is 33.5 Å². The molecule has 3 atom stereocenters. The monoisotopic (exact) mass is 526 g/mol. The van der Waals surface area contributed by atoms with E-state index >= 15 is 0 Å². The van der Waals surface area contributed by atoms with E-state index in [1.54, 1.807) is 0 Å². The van der Waals surface area contributed by atoms with E-state index in [4.69, 9.17) is 9.72 Å². The Morgan fingerprint density at radius 1 is 0.800 bits per heavy atom. The second kappa shape index (κ2) is 9.69. The third-order valence-corrected chi connectivity index (χ3v) is 9.47. The molecule has 2 fully saturated rings. The van der Waals surface area contributed by atoms with Gasteiger partial charge < -0.3 is 9.72 Å². The summed E-state index contributed by atoms with van der Waals surface area (Å²) in [6.45, 7) is 3.96. The number of benzene rings is 2. The first-order valence-electron chi connectivity index (χ1n) is 14.7. The average molecular weight is 527 g/mol. The number of morpholine rings is 1. The van der Waals surface area contributed by atoms with Crippen LogP contribution in [0.4, 0.5) is 0 Å². The van der Waals surface area contributed by atoms with Crippen molar-refractivity contribution in [1.29, 1.82) is 0 Å². The highest BCUT2D eigenvalue weighted by Crippen LogP contribution is 2.38. The number of aromatic nitrogens is 3. The molecule has 0 saturated carbocycles. The first-order chi connectivity index (χ1) is 19.7. The Balaban J connectivity index is 1.06. The summed E-state index contributed by atoms with van der Waals surface area (Å²) >= 11 is 0. The van der Waals surface area contributed by atoms with Crippen LogP contribution in [0.25, 0.3) is 44.5 Å². The fraction of sp³-hybridized carbons (Fsp3) is 0.314. The lowest BCUT2D eigenvalue weighted by Gasteiger charge is -2.56. The maximum absolute atomic E-state index is 5.75. The summed E-state index contributed by atoms with van der Waals surface area (Å²) in [6.07, 6.45) is 12.1. The van der Waals surface area contributed by atoms with Crippen molar-refractivity contribution in [2.75, 3.05) is 13.2 Å². The van der Waals surface area contributed by atoms with Crippen LogP contribution in [0.1, 0.15) is 36.0 Å². The molecule has 0 spiro atoms. The fourth-order valence-corrected chi connectivity index (χ4v) is 7.33. The van der Waals surface area contributed by atoms with Crippen LogP contribution in [0, 0.1) is 6.92 Å². The van der Waals surface area contributed by atoms with Crippen LogP contribution in [-0.2, 0) is 17.6 Å². The number of aromatic amines is 1. The van der Waals surface area contributed by atoms with Crippen molar-refractivity contribution in [2.45, 2.75) is 57.2 Å². The molecule has 5 nitrogen and oxygen atoms in total. The van der Waals surface area contributed by atoms with Crippen molar-refractivity contribution >= 4 is 11.0 Å². The van der Waals surface area contributed by atoms with Gasteiger partial charge in [0.15, 0.2) is 0 Å². The van der Waals surface area contributed by atoms with Gasteiger partial charge in [-0.25, -0.2) is 4.98 Å². The maximum atomic E-state index is 5.75. The van der Waals surface area contributed by atoms with Gasteiger partial charge in [-0.15, -0.1) is 0 Å². The molecule has 40 heavy (non-hydrogen) atoms. The predicted octanol–water partition coefficient (Wildman–Crippen LogP) is 6.99. The van der Waals surface area contributed by atoms with E-state index in [9.17, 15) is 0 Å². The summed E-state index contributed by atoms with van der Waals surface area (Å²) in [6, 6.07) is 24.2. The molecule has 2 unspecified atom stereocenters. The highest BCUT2D eigenvalue weighted by molar-refractivity contribution is 5.96. The maximum Gasteiger partial charge on any atom is 0.137 e. The smallest absolute Gasteiger partial charge is 0.137 e. The average Bonchev–Trinajstić information content (AvgIpc) is 3.32. The summed E-state index contributed by atoms with van der Waals surface area (Å²) in [5.74, 6) is 0. The number of nitrogens with one attached hydrogen (secondary N) is 1. The highest BCUT2D eigenvalue weighted by Gasteiger charge is 2.45. The molecule has 2 aromatic carbocycles. The van der Waals surface area contributed by atoms with Crippen LogP contribution in [0.3, 0.4) is 0 Å². The molecule has 1 N–H and O–H groups in total. The van der Waals surface area contributed by atoms with E-state index in [1.165, 1.54) is 64.6 Å². The van der Waals surface area contributed by atoms with Crippen LogP contribution >= 0.6 is 0 Å². The summed E-state index contributed by atoms with van der Waals surface area (Å²) < 4.78 is 5.75. The van der Waals surface area contributed by atoms with E-state index in [2.05, 4.69) is 82.6 Å². The first kappa shape index (κ1) is 24.0. The Morgan fingerprint density at radius 2 is 1.57 bits per heavy atom. The Hall–Kier alpha value is -3.80. The SMILES string of the molecule is Cc1cccnc1-c1ccc(-c2c[nH]c3ncc(-c4ccc5c(c4)CC[C@@H](N4C6COCC4C6)CC5)cc23)cc1. The molecule has 200 valence electrons. The third-order valence-electron chi connectivity index (χ3n) is 9.47. The summed E-state index contributed by atoms with van der Waals surface area (Å²) in [5.41, 5.74) is 12.1. The van der Waals surface area contributed by atoms with Crippen molar-refractivity contribution in [2.24, 2.45) is 0 Å². The van der Waals surface area contributed by atoms with Gasteiger partial charge in [-0.1, -0.05) is 48.5 Å². The molecule has 8 rings (SSSR count). The Bertz CT molecular complexity index is 1690. The Morgan fingerprint density at radius 3 is 2.38 bits per heavy atom. The first-order valence-corrected chi connectivity index (χ1v) is 14.7. The molecule has 5 heterocycles. The molecular weight excluding hydrogens is 492 g/mol. The van der Waals surface area contributed by atoms with Crippen LogP contribution in [0.5, 0.6) is 0 Å². The minimum absolute atomic E-state index is 0.657. The second-order valence-electron chi connectivity index (χ2n) is 11.8. The van der Waals surface area contributed by atoms with Crippen LogP contribution in [-0.4, -0.2) is 51.2 Å². The third kappa shape index (κ3) is 4.07. The minimum Gasteiger partial charge on any atom is -0.378 e. The quantitative estimate of drug-likeness (QED) is 0.257. The zero-order valence-electron chi connectivity index (χ0n) is 22.9. The Labute approximate surface area is 235 Å².